The van der Waals surface area contributed by atoms with Crippen molar-refractivity contribution in [3.8, 4) is 0 Å². The van der Waals surface area contributed by atoms with E-state index in [1.165, 1.54) is 0 Å². The van der Waals surface area contributed by atoms with Gasteiger partial charge in [0.05, 0.1) is 13.2 Å². The fourth-order valence-electron chi connectivity index (χ4n) is 1.16. The quantitative estimate of drug-likeness (QED) is 0.751. The summed E-state index contributed by atoms with van der Waals surface area (Å²) in [5, 5.41) is 8.47. The molecule has 0 aliphatic carbocycles. The van der Waals surface area contributed by atoms with Crippen molar-refractivity contribution >= 4 is 5.97 Å². The number of benzene rings is 1. The zero-order valence-corrected chi connectivity index (χ0v) is 8.64. The smallest absolute Gasteiger partial charge is 0.328 e. The number of carboxylic acid groups (broad SMARTS) is 1. The lowest BCUT2D eigenvalue weighted by molar-refractivity contribution is -0.131. The number of rotatable bonds is 5. The third-order valence-electron chi connectivity index (χ3n) is 1.81. The highest BCUT2D eigenvalue weighted by atomic mass is 16.5. The van der Waals surface area contributed by atoms with Gasteiger partial charge in [0.25, 0.3) is 0 Å². The van der Waals surface area contributed by atoms with Crippen molar-refractivity contribution in [3.05, 3.63) is 47.5 Å². The number of carbonyl (C=O) groups is 1. The van der Waals surface area contributed by atoms with Crippen LogP contribution in [-0.2, 0) is 16.1 Å². The van der Waals surface area contributed by atoms with Crippen molar-refractivity contribution < 1.29 is 14.6 Å². The highest BCUT2D eigenvalue weighted by Crippen LogP contribution is 2.02. The first-order chi connectivity index (χ1) is 7.18. The number of carboxylic acids is 1. The Bertz CT molecular complexity index is 341. The number of hydrogen-bond acceptors (Lipinski definition) is 2. The van der Waals surface area contributed by atoms with E-state index in [0.29, 0.717) is 18.8 Å². The Morgan fingerprint density at radius 2 is 2.07 bits per heavy atom. The van der Waals surface area contributed by atoms with Crippen LogP contribution in [0.2, 0.25) is 0 Å². The first-order valence-electron chi connectivity index (χ1n) is 4.70. The summed E-state index contributed by atoms with van der Waals surface area (Å²) in [5.74, 6) is -0.934. The Labute approximate surface area is 89.0 Å². The van der Waals surface area contributed by atoms with E-state index in [4.69, 9.17) is 9.84 Å². The molecule has 0 atom stereocenters. The van der Waals surface area contributed by atoms with E-state index in [0.717, 1.165) is 11.6 Å². The van der Waals surface area contributed by atoms with Crippen LogP contribution in [0.4, 0.5) is 0 Å². The number of hydrogen-bond donors (Lipinski definition) is 1. The van der Waals surface area contributed by atoms with Gasteiger partial charge < -0.3 is 9.84 Å². The van der Waals surface area contributed by atoms with Crippen LogP contribution in [0.1, 0.15) is 12.5 Å². The highest BCUT2D eigenvalue weighted by Gasteiger charge is 1.95. The van der Waals surface area contributed by atoms with Crippen LogP contribution in [0.15, 0.2) is 42.0 Å². The molecule has 0 radical (unpaired) electrons. The molecule has 1 aromatic rings. The van der Waals surface area contributed by atoms with Crippen LogP contribution in [-0.4, -0.2) is 17.7 Å². The Hall–Kier alpha value is -1.61. The monoisotopic (exact) mass is 206 g/mol. The molecule has 0 amide bonds. The number of aliphatic carboxylic acids is 1. The Morgan fingerprint density at radius 1 is 1.40 bits per heavy atom. The summed E-state index contributed by atoms with van der Waals surface area (Å²) in [6.07, 6.45) is 1.16. The molecule has 0 aliphatic rings. The second-order valence-electron chi connectivity index (χ2n) is 3.31. The SMILES string of the molecule is CC(=CC(=O)O)COCc1ccccc1. The summed E-state index contributed by atoms with van der Waals surface area (Å²) < 4.78 is 5.35. The van der Waals surface area contributed by atoms with Crippen molar-refractivity contribution in [3.63, 3.8) is 0 Å². The molecule has 1 aromatic carbocycles. The summed E-state index contributed by atoms with van der Waals surface area (Å²) in [6, 6.07) is 9.77. The molecule has 0 unspecified atom stereocenters. The van der Waals surface area contributed by atoms with Crippen molar-refractivity contribution in [1.29, 1.82) is 0 Å². The Balaban J connectivity index is 2.31. The molecule has 15 heavy (non-hydrogen) atoms. The molecule has 0 heterocycles. The van der Waals surface area contributed by atoms with Crippen molar-refractivity contribution in [2.75, 3.05) is 6.61 Å². The second kappa shape index (κ2) is 5.98. The largest absolute Gasteiger partial charge is 0.478 e. The van der Waals surface area contributed by atoms with Gasteiger partial charge in [0, 0.05) is 6.08 Å². The van der Waals surface area contributed by atoms with Gasteiger partial charge in [-0.2, -0.15) is 0 Å². The molecule has 80 valence electrons. The number of ether oxygens (including phenoxy) is 1. The molecule has 0 aliphatic heterocycles. The van der Waals surface area contributed by atoms with Crippen LogP contribution in [0, 0.1) is 0 Å². The Morgan fingerprint density at radius 3 is 2.67 bits per heavy atom. The van der Waals surface area contributed by atoms with Crippen LogP contribution >= 0.6 is 0 Å². The fraction of sp³-hybridized carbons (Fsp3) is 0.250. The molecule has 3 nitrogen and oxygen atoms in total. The van der Waals surface area contributed by atoms with Gasteiger partial charge in [0.2, 0.25) is 0 Å². The second-order valence-corrected chi connectivity index (χ2v) is 3.31. The third-order valence-corrected chi connectivity index (χ3v) is 1.81. The van der Waals surface area contributed by atoms with Gasteiger partial charge in [0.1, 0.15) is 0 Å². The lowest BCUT2D eigenvalue weighted by atomic mass is 10.2. The van der Waals surface area contributed by atoms with Crippen LogP contribution in [0.5, 0.6) is 0 Å². The average Bonchev–Trinajstić information content (AvgIpc) is 2.18. The maximum absolute atomic E-state index is 10.3. The molecule has 0 spiro atoms. The normalized spacial score (nSPS) is 11.4. The summed E-state index contributed by atoms with van der Waals surface area (Å²) in [5.41, 5.74) is 1.79. The van der Waals surface area contributed by atoms with E-state index < -0.39 is 5.97 Å². The van der Waals surface area contributed by atoms with Gasteiger partial charge in [0.15, 0.2) is 0 Å². The topological polar surface area (TPSA) is 46.5 Å². The van der Waals surface area contributed by atoms with Gasteiger partial charge in [-0.1, -0.05) is 30.3 Å². The van der Waals surface area contributed by atoms with Crippen molar-refractivity contribution in [2.24, 2.45) is 0 Å². The van der Waals surface area contributed by atoms with E-state index >= 15 is 0 Å². The highest BCUT2D eigenvalue weighted by molar-refractivity contribution is 5.80. The molecule has 0 bridgehead atoms. The molecular formula is C12H14O3. The van der Waals surface area contributed by atoms with E-state index in [1.807, 2.05) is 30.3 Å². The zero-order chi connectivity index (χ0) is 11.1. The molecule has 0 saturated heterocycles. The maximum Gasteiger partial charge on any atom is 0.328 e. The predicted octanol–water partition coefficient (Wildman–Crippen LogP) is 2.23. The standard InChI is InChI=1S/C12H14O3/c1-10(7-12(13)14)8-15-9-11-5-3-2-4-6-11/h2-7H,8-9H2,1H3,(H,13,14). The van der Waals surface area contributed by atoms with Gasteiger partial charge in [-0.15, -0.1) is 0 Å². The lowest BCUT2D eigenvalue weighted by Crippen LogP contribution is -1.99. The van der Waals surface area contributed by atoms with Gasteiger partial charge >= 0.3 is 5.97 Å². The molecule has 1 rings (SSSR count). The lowest BCUT2D eigenvalue weighted by Gasteiger charge is -2.03. The minimum absolute atomic E-state index is 0.348. The summed E-state index contributed by atoms with van der Waals surface area (Å²) in [6.45, 7) is 2.59. The van der Waals surface area contributed by atoms with E-state index in [2.05, 4.69) is 0 Å². The van der Waals surface area contributed by atoms with E-state index in [1.54, 1.807) is 6.92 Å². The van der Waals surface area contributed by atoms with Crippen LogP contribution in [0.25, 0.3) is 0 Å². The minimum atomic E-state index is -0.934. The molecule has 0 aromatic heterocycles. The molecule has 0 saturated carbocycles. The maximum atomic E-state index is 10.3. The molecule has 1 N–H and O–H groups in total. The molecule has 0 fully saturated rings. The molecular weight excluding hydrogens is 192 g/mol. The van der Waals surface area contributed by atoms with Crippen molar-refractivity contribution in [2.45, 2.75) is 13.5 Å². The van der Waals surface area contributed by atoms with Gasteiger partial charge in [-0.3, -0.25) is 0 Å². The Kier molecular flexibility index (Phi) is 4.57. The third kappa shape index (κ3) is 4.98. The summed E-state index contributed by atoms with van der Waals surface area (Å²) >= 11 is 0. The van der Waals surface area contributed by atoms with Crippen LogP contribution in [0.3, 0.4) is 0 Å². The van der Waals surface area contributed by atoms with E-state index in [9.17, 15) is 4.79 Å². The predicted molar refractivity (Wildman–Crippen MR) is 57.5 cm³/mol. The summed E-state index contributed by atoms with van der Waals surface area (Å²) in [4.78, 5) is 10.3. The fourth-order valence-corrected chi connectivity index (χ4v) is 1.16. The first-order valence-corrected chi connectivity index (χ1v) is 4.70. The van der Waals surface area contributed by atoms with E-state index in [-0.39, 0.29) is 0 Å². The van der Waals surface area contributed by atoms with Gasteiger partial charge in [-0.05, 0) is 18.1 Å². The first kappa shape index (κ1) is 11.5. The minimum Gasteiger partial charge on any atom is -0.478 e. The zero-order valence-electron chi connectivity index (χ0n) is 8.64. The van der Waals surface area contributed by atoms with Crippen LogP contribution < -0.4 is 0 Å². The molecule has 3 heteroatoms. The van der Waals surface area contributed by atoms with Crippen molar-refractivity contribution in [1.82, 2.24) is 0 Å². The average molecular weight is 206 g/mol. The summed E-state index contributed by atoms with van der Waals surface area (Å²) in [7, 11) is 0. The van der Waals surface area contributed by atoms with Gasteiger partial charge in [-0.25, -0.2) is 4.79 Å².